The Labute approximate surface area is 247 Å². The van der Waals surface area contributed by atoms with Gasteiger partial charge in [0.2, 0.25) is 0 Å². The zero-order valence-corrected chi connectivity index (χ0v) is 26.0. The maximum Gasteiger partial charge on any atom is 0.410 e. The summed E-state index contributed by atoms with van der Waals surface area (Å²) in [5, 5.41) is 8.98. The normalized spacial score (nSPS) is 16.7. The van der Waals surface area contributed by atoms with Crippen LogP contribution in [0.4, 0.5) is 16.4 Å². The summed E-state index contributed by atoms with van der Waals surface area (Å²) >= 11 is 0. The second-order valence-corrected chi connectivity index (χ2v) is 12.7. The van der Waals surface area contributed by atoms with Crippen molar-refractivity contribution in [2.75, 3.05) is 23.9 Å². The van der Waals surface area contributed by atoms with Crippen molar-refractivity contribution in [3.63, 3.8) is 0 Å². The first kappa shape index (κ1) is 29.5. The average Bonchev–Trinajstić information content (AvgIpc) is 3.45. The topological polar surface area (TPSA) is 110 Å². The second kappa shape index (κ2) is 11.3. The van der Waals surface area contributed by atoms with Crippen molar-refractivity contribution >= 4 is 23.6 Å². The highest BCUT2D eigenvalue weighted by Gasteiger charge is 2.34. The molecule has 224 valence electrons. The molecule has 3 aromatic heterocycles. The third-order valence-electron chi connectivity index (χ3n) is 7.94. The molecule has 2 amide bonds. The van der Waals surface area contributed by atoms with Crippen LogP contribution < -0.4 is 9.80 Å². The van der Waals surface area contributed by atoms with Crippen LogP contribution in [0, 0.1) is 0 Å². The summed E-state index contributed by atoms with van der Waals surface area (Å²) in [6.07, 6.45) is 3.78. The van der Waals surface area contributed by atoms with Crippen molar-refractivity contribution in [2.45, 2.75) is 98.0 Å². The number of fused-ring (bicyclic) bond motifs is 2. The van der Waals surface area contributed by atoms with Gasteiger partial charge in [-0.1, -0.05) is 12.5 Å². The molecule has 0 bridgehead atoms. The van der Waals surface area contributed by atoms with E-state index in [1.807, 2.05) is 57.0 Å². The zero-order valence-electron chi connectivity index (χ0n) is 26.0. The summed E-state index contributed by atoms with van der Waals surface area (Å²) < 4.78 is 7.77. The molecule has 11 nitrogen and oxygen atoms in total. The third-order valence-corrected chi connectivity index (χ3v) is 7.94. The molecule has 0 saturated carbocycles. The molecule has 5 heterocycles. The number of nitrogens with zero attached hydrogens (tertiary/aromatic N) is 8. The van der Waals surface area contributed by atoms with Gasteiger partial charge in [-0.3, -0.25) is 9.69 Å². The molecular weight excluding hydrogens is 532 g/mol. The fraction of sp³-hybridized carbons (Fsp3) is 0.548. The highest BCUT2D eigenvalue weighted by Crippen LogP contribution is 2.34. The van der Waals surface area contributed by atoms with Crippen LogP contribution in [0.3, 0.4) is 0 Å². The van der Waals surface area contributed by atoms with Crippen molar-refractivity contribution in [2.24, 2.45) is 0 Å². The molecule has 0 saturated heterocycles. The van der Waals surface area contributed by atoms with E-state index in [2.05, 4.69) is 35.5 Å². The van der Waals surface area contributed by atoms with Gasteiger partial charge < -0.3 is 19.1 Å². The number of carbonyl (C=O) groups excluding carboxylic acids is 2. The number of pyridine rings is 2. The number of hydrogen-bond donors (Lipinski definition) is 0. The highest BCUT2D eigenvalue weighted by atomic mass is 16.6. The molecule has 0 aliphatic carbocycles. The van der Waals surface area contributed by atoms with Gasteiger partial charge in [-0.25, -0.2) is 14.8 Å². The monoisotopic (exact) mass is 574 g/mol. The Kier molecular flexibility index (Phi) is 7.96. The molecule has 42 heavy (non-hydrogen) atoms. The Hall–Kier alpha value is -4.02. The zero-order chi connectivity index (χ0) is 30.3. The fourth-order valence-electron chi connectivity index (χ4n) is 5.42. The third kappa shape index (κ3) is 5.82. The van der Waals surface area contributed by atoms with E-state index >= 15 is 0 Å². The van der Waals surface area contributed by atoms with E-state index in [0.29, 0.717) is 35.1 Å². The van der Waals surface area contributed by atoms with Gasteiger partial charge in [-0.2, -0.15) is 0 Å². The molecular formula is C31H42N8O3. The van der Waals surface area contributed by atoms with Gasteiger partial charge in [-0.15, -0.1) is 10.2 Å². The Bertz CT molecular complexity index is 1490. The summed E-state index contributed by atoms with van der Waals surface area (Å²) in [5.41, 5.74) is 2.08. The minimum absolute atomic E-state index is 0.148. The lowest BCUT2D eigenvalue weighted by Gasteiger charge is -2.26. The summed E-state index contributed by atoms with van der Waals surface area (Å²) in [4.78, 5) is 41.8. The molecule has 0 fully saturated rings. The lowest BCUT2D eigenvalue weighted by Crippen LogP contribution is -2.34. The van der Waals surface area contributed by atoms with E-state index in [1.165, 1.54) is 4.90 Å². The van der Waals surface area contributed by atoms with Gasteiger partial charge in [0.25, 0.3) is 5.91 Å². The number of aromatic nitrogens is 5. The number of anilines is 2. The molecule has 0 radical (unpaired) electrons. The highest BCUT2D eigenvalue weighted by molar-refractivity contribution is 6.10. The molecule has 2 aliphatic heterocycles. The van der Waals surface area contributed by atoms with Crippen LogP contribution >= 0.6 is 0 Å². The number of rotatable bonds is 6. The number of aryl methyl sites for hydroxylation is 1. The summed E-state index contributed by atoms with van der Waals surface area (Å²) in [6.45, 7) is 12.3. The molecule has 1 unspecified atom stereocenters. The molecule has 0 spiro atoms. The molecule has 3 aromatic rings. The van der Waals surface area contributed by atoms with Crippen molar-refractivity contribution in [1.82, 2.24) is 29.6 Å². The fourth-order valence-corrected chi connectivity index (χ4v) is 5.42. The van der Waals surface area contributed by atoms with Gasteiger partial charge in [-0.05, 0) is 72.6 Å². The molecule has 5 rings (SSSR count). The minimum atomic E-state index is -0.621. The Morgan fingerprint density at radius 1 is 1.14 bits per heavy atom. The Morgan fingerprint density at radius 3 is 2.62 bits per heavy atom. The predicted octanol–water partition coefficient (Wildman–Crippen LogP) is 5.39. The summed E-state index contributed by atoms with van der Waals surface area (Å²) in [7, 11) is 3.63. The van der Waals surface area contributed by atoms with Crippen LogP contribution in [-0.2, 0) is 24.2 Å². The van der Waals surface area contributed by atoms with E-state index in [1.54, 1.807) is 11.9 Å². The van der Waals surface area contributed by atoms with Crippen molar-refractivity contribution in [1.29, 1.82) is 0 Å². The first-order valence-corrected chi connectivity index (χ1v) is 14.8. The number of carbonyl (C=O) groups is 2. The lowest BCUT2D eigenvalue weighted by atomic mass is 10.1. The van der Waals surface area contributed by atoms with Crippen LogP contribution in [0.15, 0.2) is 24.3 Å². The summed E-state index contributed by atoms with van der Waals surface area (Å²) in [5.74, 6) is 2.78. The van der Waals surface area contributed by atoms with Crippen LogP contribution in [-0.4, -0.2) is 67.4 Å². The molecule has 2 aliphatic rings. The van der Waals surface area contributed by atoms with E-state index < -0.39 is 11.7 Å². The predicted molar refractivity (Wildman–Crippen MR) is 162 cm³/mol. The standard InChI is InChI=1S/C31H42N8O3/c1-19(2)37(8)27-16-21-22(24(33-27)18-36(7)30(41)42-31(4,5)6)17-38(29(21)40)25-15-11-13-23(32-25)28-35-34-26-14-10-9-12-20(3)39(26)28/h11,13,15-16,19-20H,9-10,12,14,17-18H2,1-8H3. The maximum atomic E-state index is 13.9. The van der Waals surface area contributed by atoms with Gasteiger partial charge >= 0.3 is 6.09 Å². The number of amides is 2. The van der Waals surface area contributed by atoms with E-state index in [4.69, 9.17) is 14.7 Å². The van der Waals surface area contributed by atoms with Crippen molar-refractivity contribution < 1.29 is 14.3 Å². The number of hydrogen-bond acceptors (Lipinski definition) is 8. The number of ether oxygens (including phenoxy) is 1. The maximum absolute atomic E-state index is 13.9. The first-order chi connectivity index (χ1) is 19.8. The van der Waals surface area contributed by atoms with Gasteiger partial charge in [0.1, 0.15) is 28.8 Å². The summed E-state index contributed by atoms with van der Waals surface area (Å²) in [6, 6.07) is 7.96. The van der Waals surface area contributed by atoms with E-state index in [0.717, 1.165) is 42.9 Å². The smallest absolute Gasteiger partial charge is 0.410 e. The average molecular weight is 575 g/mol. The molecule has 0 N–H and O–H groups in total. The lowest BCUT2D eigenvalue weighted by molar-refractivity contribution is 0.0282. The Balaban J connectivity index is 1.49. The van der Waals surface area contributed by atoms with Crippen LogP contribution in [0.25, 0.3) is 11.5 Å². The quantitative estimate of drug-likeness (QED) is 0.385. The van der Waals surface area contributed by atoms with Crippen LogP contribution in [0.5, 0.6) is 0 Å². The minimum Gasteiger partial charge on any atom is -0.444 e. The van der Waals surface area contributed by atoms with Gasteiger partial charge in [0.15, 0.2) is 5.82 Å². The first-order valence-electron chi connectivity index (χ1n) is 14.8. The Morgan fingerprint density at radius 2 is 1.90 bits per heavy atom. The molecule has 11 heteroatoms. The van der Waals surface area contributed by atoms with Crippen molar-refractivity contribution in [3.8, 4) is 11.5 Å². The molecule has 1 atom stereocenters. The van der Waals surface area contributed by atoms with Gasteiger partial charge in [0.05, 0.1) is 24.3 Å². The van der Waals surface area contributed by atoms with Crippen LogP contribution in [0.2, 0.25) is 0 Å². The van der Waals surface area contributed by atoms with Gasteiger partial charge in [0, 0.05) is 38.2 Å². The second-order valence-electron chi connectivity index (χ2n) is 12.7. The molecule has 0 aromatic carbocycles. The van der Waals surface area contributed by atoms with E-state index in [-0.39, 0.29) is 24.5 Å². The largest absolute Gasteiger partial charge is 0.444 e. The van der Waals surface area contributed by atoms with E-state index in [9.17, 15) is 9.59 Å². The SMILES string of the molecule is CC(C)N(C)c1cc2c(c(CN(C)C(=O)OC(C)(C)C)n1)CN(c1cccc(-c3nnc4n3C(C)CCCC4)n1)C2=O. The van der Waals surface area contributed by atoms with Crippen LogP contribution in [0.1, 0.15) is 94.3 Å². The van der Waals surface area contributed by atoms with Crippen molar-refractivity contribution in [3.05, 3.63) is 46.9 Å².